The zero-order valence-corrected chi connectivity index (χ0v) is 8.70. The number of ether oxygens (including phenoxy) is 1. The van der Waals surface area contributed by atoms with Gasteiger partial charge in [0.15, 0.2) is 0 Å². The standard InChI is InChI=1S/C10H16N2O3/c13-9-7-11-10(14)12(9)5-4-8-3-1-2-6-15-8/h8H,1-7H2,(H,11,14). The van der Waals surface area contributed by atoms with Crippen LogP contribution in [0.1, 0.15) is 25.7 Å². The highest BCUT2D eigenvalue weighted by atomic mass is 16.5. The van der Waals surface area contributed by atoms with E-state index in [9.17, 15) is 9.59 Å². The van der Waals surface area contributed by atoms with Gasteiger partial charge in [-0.05, 0) is 25.7 Å². The molecule has 2 fully saturated rings. The van der Waals surface area contributed by atoms with Gasteiger partial charge in [0.2, 0.25) is 5.91 Å². The molecule has 1 atom stereocenters. The van der Waals surface area contributed by atoms with E-state index in [0.29, 0.717) is 6.54 Å². The van der Waals surface area contributed by atoms with Gasteiger partial charge in [0, 0.05) is 13.2 Å². The lowest BCUT2D eigenvalue weighted by Gasteiger charge is -2.23. The molecular formula is C10H16N2O3. The minimum atomic E-state index is -0.268. The van der Waals surface area contributed by atoms with E-state index in [1.807, 2.05) is 0 Å². The molecule has 84 valence electrons. The lowest BCUT2D eigenvalue weighted by Crippen LogP contribution is -2.34. The van der Waals surface area contributed by atoms with E-state index in [0.717, 1.165) is 25.9 Å². The predicted octanol–water partition coefficient (Wildman–Crippen LogP) is 0.497. The second-order valence-electron chi connectivity index (χ2n) is 3.98. The molecule has 1 N–H and O–H groups in total. The van der Waals surface area contributed by atoms with Crippen LogP contribution >= 0.6 is 0 Å². The fourth-order valence-electron chi connectivity index (χ4n) is 1.99. The number of carbonyl (C=O) groups is 2. The monoisotopic (exact) mass is 212 g/mol. The van der Waals surface area contributed by atoms with Crippen LogP contribution < -0.4 is 5.32 Å². The van der Waals surface area contributed by atoms with Gasteiger partial charge in [-0.3, -0.25) is 9.69 Å². The Kier molecular flexibility index (Phi) is 3.20. The number of hydrogen-bond acceptors (Lipinski definition) is 3. The topological polar surface area (TPSA) is 58.6 Å². The summed E-state index contributed by atoms with van der Waals surface area (Å²) in [6.45, 7) is 1.44. The predicted molar refractivity (Wildman–Crippen MR) is 53.3 cm³/mol. The lowest BCUT2D eigenvalue weighted by molar-refractivity contribution is -0.125. The first-order valence-electron chi connectivity index (χ1n) is 5.47. The summed E-state index contributed by atoms with van der Waals surface area (Å²) in [5.41, 5.74) is 0. The lowest BCUT2D eigenvalue weighted by atomic mass is 10.1. The molecule has 2 aliphatic rings. The van der Waals surface area contributed by atoms with Gasteiger partial charge in [0.1, 0.15) is 0 Å². The zero-order chi connectivity index (χ0) is 10.7. The van der Waals surface area contributed by atoms with Gasteiger partial charge in [-0.1, -0.05) is 0 Å². The molecule has 2 heterocycles. The molecule has 2 aliphatic heterocycles. The van der Waals surface area contributed by atoms with Crippen LogP contribution in [0, 0.1) is 0 Å². The number of imide groups is 1. The maximum Gasteiger partial charge on any atom is 0.324 e. The molecule has 0 spiro atoms. The molecule has 5 heteroatoms. The third kappa shape index (κ3) is 2.47. The largest absolute Gasteiger partial charge is 0.378 e. The van der Waals surface area contributed by atoms with Crippen LogP contribution in [0.25, 0.3) is 0 Å². The number of nitrogens with one attached hydrogen (secondary N) is 1. The minimum absolute atomic E-state index is 0.129. The van der Waals surface area contributed by atoms with Crippen molar-refractivity contribution in [2.24, 2.45) is 0 Å². The molecule has 2 saturated heterocycles. The summed E-state index contributed by atoms with van der Waals surface area (Å²) in [4.78, 5) is 23.7. The van der Waals surface area contributed by atoms with E-state index >= 15 is 0 Å². The normalized spacial score (nSPS) is 26.9. The molecule has 15 heavy (non-hydrogen) atoms. The second-order valence-corrected chi connectivity index (χ2v) is 3.98. The quantitative estimate of drug-likeness (QED) is 0.693. The minimum Gasteiger partial charge on any atom is -0.378 e. The number of urea groups is 1. The summed E-state index contributed by atoms with van der Waals surface area (Å²) in [6.07, 6.45) is 4.34. The van der Waals surface area contributed by atoms with Crippen molar-refractivity contribution >= 4 is 11.9 Å². The van der Waals surface area contributed by atoms with E-state index in [1.165, 1.54) is 11.3 Å². The van der Waals surface area contributed by atoms with Crippen molar-refractivity contribution in [2.45, 2.75) is 31.8 Å². The summed E-state index contributed by atoms with van der Waals surface area (Å²) in [7, 11) is 0. The molecule has 0 aliphatic carbocycles. The van der Waals surface area contributed by atoms with Crippen molar-refractivity contribution in [2.75, 3.05) is 19.7 Å². The maximum absolute atomic E-state index is 11.3. The molecule has 1 unspecified atom stereocenters. The number of rotatable bonds is 3. The molecule has 0 bridgehead atoms. The van der Waals surface area contributed by atoms with Crippen LogP contribution in [0.5, 0.6) is 0 Å². The highest BCUT2D eigenvalue weighted by Gasteiger charge is 2.28. The summed E-state index contributed by atoms with van der Waals surface area (Å²) < 4.78 is 5.54. The first-order chi connectivity index (χ1) is 7.27. The van der Waals surface area contributed by atoms with Gasteiger partial charge in [-0.2, -0.15) is 0 Å². The maximum atomic E-state index is 11.3. The van der Waals surface area contributed by atoms with Crippen LogP contribution in [0.2, 0.25) is 0 Å². The highest BCUT2D eigenvalue weighted by Crippen LogP contribution is 2.16. The van der Waals surface area contributed by atoms with Crippen molar-refractivity contribution in [1.82, 2.24) is 10.2 Å². The number of amides is 3. The Morgan fingerprint density at radius 2 is 2.27 bits per heavy atom. The van der Waals surface area contributed by atoms with Crippen LogP contribution in [-0.2, 0) is 9.53 Å². The fraction of sp³-hybridized carbons (Fsp3) is 0.800. The number of nitrogens with zero attached hydrogens (tertiary/aromatic N) is 1. The van der Waals surface area contributed by atoms with Crippen LogP contribution in [-0.4, -0.2) is 42.6 Å². The molecule has 0 aromatic heterocycles. The Labute approximate surface area is 88.8 Å². The van der Waals surface area contributed by atoms with Crippen molar-refractivity contribution in [3.63, 3.8) is 0 Å². The van der Waals surface area contributed by atoms with Crippen molar-refractivity contribution < 1.29 is 14.3 Å². The van der Waals surface area contributed by atoms with Crippen molar-refractivity contribution in [3.05, 3.63) is 0 Å². The number of carbonyl (C=O) groups excluding carboxylic acids is 2. The molecule has 0 saturated carbocycles. The van der Waals surface area contributed by atoms with Gasteiger partial charge in [-0.15, -0.1) is 0 Å². The first kappa shape index (κ1) is 10.4. The van der Waals surface area contributed by atoms with E-state index in [1.54, 1.807) is 0 Å². The number of hydrogen-bond donors (Lipinski definition) is 1. The smallest absolute Gasteiger partial charge is 0.324 e. The summed E-state index contributed by atoms with van der Waals surface area (Å²) in [6, 6.07) is -0.268. The van der Waals surface area contributed by atoms with Gasteiger partial charge in [0.05, 0.1) is 12.6 Å². The Hall–Kier alpha value is -1.10. The molecular weight excluding hydrogens is 196 g/mol. The first-order valence-corrected chi connectivity index (χ1v) is 5.47. The molecule has 2 rings (SSSR count). The van der Waals surface area contributed by atoms with E-state index in [2.05, 4.69) is 5.32 Å². The Balaban J connectivity index is 1.76. The molecule has 0 aromatic rings. The SMILES string of the molecule is O=C1CNC(=O)N1CCC1CCCCO1. The van der Waals surface area contributed by atoms with E-state index in [4.69, 9.17) is 4.74 Å². The third-order valence-electron chi connectivity index (χ3n) is 2.89. The van der Waals surface area contributed by atoms with Crippen molar-refractivity contribution in [1.29, 1.82) is 0 Å². The van der Waals surface area contributed by atoms with Gasteiger partial charge in [-0.25, -0.2) is 4.79 Å². The van der Waals surface area contributed by atoms with Crippen LogP contribution in [0.15, 0.2) is 0 Å². The Morgan fingerprint density at radius 3 is 2.87 bits per heavy atom. The fourth-order valence-corrected chi connectivity index (χ4v) is 1.99. The summed E-state index contributed by atoms with van der Waals surface area (Å²) in [5.74, 6) is -0.129. The average molecular weight is 212 g/mol. The van der Waals surface area contributed by atoms with Gasteiger partial charge < -0.3 is 10.1 Å². The van der Waals surface area contributed by atoms with Crippen LogP contribution in [0.4, 0.5) is 4.79 Å². The second kappa shape index (κ2) is 4.61. The summed E-state index contributed by atoms with van der Waals surface area (Å²) in [5, 5.41) is 2.50. The molecule has 0 radical (unpaired) electrons. The molecule has 3 amide bonds. The van der Waals surface area contributed by atoms with Crippen molar-refractivity contribution in [3.8, 4) is 0 Å². The highest BCUT2D eigenvalue weighted by molar-refractivity contribution is 6.01. The zero-order valence-electron chi connectivity index (χ0n) is 8.70. The average Bonchev–Trinajstić information content (AvgIpc) is 2.58. The van der Waals surface area contributed by atoms with E-state index < -0.39 is 0 Å². The van der Waals surface area contributed by atoms with Gasteiger partial charge >= 0.3 is 6.03 Å². The third-order valence-corrected chi connectivity index (χ3v) is 2.89. The Morgan fingerprint density at radius 1 is 1.40 bits per heavy atom. The van der Waals surface area contributed by atoms with E-state index in [-0.39, 0.29) is 24.6 Å². The Bertz CT molecular complexity index is 245. The van der Waals surface area contributed by atoms with Gasteiger partial charge in [0.25, 0.3) is 0 Å². The summed E-state index contributed by atoms with van der Waals surface area (Å²) >= 11 is 0. The van der Waals surface area contributed by atoms with Crippen LogP contribution in [0.3, 0.4) is 0 Å². The molecule has 0 aromatic carbocycles. The molecule has 5 nitrogen and oxygen atoms in total.